The first-order valence-corrected chi connectivity index (χ1v) is 7.48. The lowest BCUT2D eigenvalue weighted by Crippen LogP contribution is -2.28. The van der Waals surface area contributed by atoms with Crippen molar-refractivity contribution in [3.63, 3.8) is 0 Å². The van der Waals surface area contributed by atoms with Crippen LogP contribution in [0.15, 0.2) is 24.3 Å². The van der Waals surface area contributed by atoms with E-state index >= 15 is 0 Å². The van der Waals surface area contributed by atoms with E-state index in [0.717, 1.165) is 23.4 Å². The molecule has 5 heteroatoms. The molecule has 0 atom stereocenters. The van der Waals surface area contributed by atoms with Gasteiger partial charge in [0.25, 0.3) is 5.91 Å². The Bertz CT molecular complexity index is 645. The zero-order chi connectivity index (χ0) is 16.1. The number of ether oxygens (including phenoxy) is 1. The fraction of sp³-hybridized carbons (Fsp3) is 0.412. The number of rotatable bonds is 6. The van der Waals surface area contributed by atoms with Crippen LogP contribution in [0.25, 0.3) is 0 Å². The third-order valence-corrected chi connectivity index (χ3v) is 3.82. The first-order chi connectivity index (χ1) is 10.5. The number of benzene rings is 1. The number of nitrogens with one attached hydrogen (secondary N) is 1. The summed E-state index contributed by atoms with van der Waals surface area (Å²) >= 11 is 0. The minimum Gasteiger partial charge on any atom is -0.484 e. The molecule has 0 saturated carbocycles. The number of hydrogen-bond acceptors (Lipinski definition) is 3. The molecule has 0 aliphatic rings. The first-order valence-electron chi connectivity index (χ1n) is 7.48. The van der Waals surface area contributed by atoms with Gasteiger partial charge < -0.3 is 10.1 Å². The maximum atomic E-state index is 11.9. The number of aryl methyl sites for hydroxylation is 3. The fourth-order valence-electron chi connectivity index (χ4n) is 2.28. The van der Waals surface area contributed by atoms with Gasteiger partial charge in [0.15, 0.2) is 6.61 Å². The number of hydrogen-bond donors (Lipinski definition) is 1. The average molecular weight is 301 g/mol. The van der Waals surface area contributed by atoms with Gasteiger partial charge in [-0.25, -0.2) is 0 Å². The van der Waals surface area contributed by atoms with Crippen molar-refractivity contribution < 1.29 is 9.53 Å². The summed E-state index contributed by atoms with van der Waals surface area (Å²) in [6.45, 7) is 6.53. The molecule has 1 aromatic heterocycles. The molecule has 1 amide bonds. The van der Waals surface area contributed by atoms with E-state index in [4.69, 9.17) is 4.74 Å². The Morgan fingerprint density at radius 1 is 1.27 bits per heavy atom. The van der Waals surface area contributed by atoms with E-state index in [1.54, 1.807) is 0 Å². The number of amides is 1. The van der Waals surface area contributed by atoms with E-state index in [9.17, 15) is 4.79 Å². The minimum absolute atomic E-state index is 0.0177. The second-order valence-electron chi connectivity index (χ2n) is 5.34. The van der Waals surface area contributed by atoms with Gasteiger partial charge in [-0.1, -0.05) is 19.1 Å². The Labute approximate surface area is 131 Å². The van der Waals surface area contributed by atoms with Crippen molar-refractivity contribution >= 4 is 5.91 Å². The van der Waals surface area contributed by atoms with E-state index in [1.807, 2.05) is 49.8 Å². The summed E-state index contributed by atoms with van der Waals surface area (Å²) in [7, 11) is 1.90. The van der Waals surface area contributed by atoms with Gasteiger partial charge in [0.1, 0.15) is 5.75 Å². The number of aromatic nitrogens is 2. The normalized spacial score (nSPS) is 10.5. The molecule has 0 saturated heterocycles. The third-order valence-electron chi connectivity index (χ3n) is 3.82. The van der Waals surface area contributed by atoms with Crippen molar-refractivity contribution in [3.05, 3.63) is 46.8 Å². The Morgan fingerprint density at radius 2 is 1.95 bits per heavy atom. The maximum Gasteiger partial charge on any atom is 0.258 e. The molecule has 1 aromatic carbocycles. The van der Waals surface area contributed by atoms with E-state index in [1.165, 1.54) is 5.56 Å². The highest BCUT2D eigenvalue weighted by atomic mass is 16.5. The molecule has 118 valence electrons. The highest BCUT2D eigenvalue weighted by Crippen LogP contribution is 2.13. The average Bonchev–Trinajstić information content (AvgIpc) is 2.76. The SMILES string of the molecule is CCc1ccc(OCC(=O)NCc2c(C)nn(C)c2C)cc1. The van der Waals surface area contributed by atoms with Crippen LogP contribution in [-0.2, 0) is 24.8 Å². The molecular weight excluding hydrogens is 278 g/mol. The van der Waals surface area contributed by atoms with Crippen molar-refractivity contribution in [2.24, 2.45) is 7.05 Å². The highest BCUT2D eigenvalue weighted by Gasteiger charge is 2.10. The largest absolute Gasteiger partial charge is 0.484 e. The van der Waals surface area contributed by atoms with Crippen molar-refractivity contribution in [1.29, 1.82) is 0 Å². The summed E-state index contributed by atoms with van der Waals surface area (Å²) in [5.74, 6) is 0.573. The number of nitrogens with zero attached hydrogens (tertiary/aromatic N) is 2. The van der Waals surface area contributed by atoms with Gasteiger partial charge in [0, 0.05) is 24.8 Å². The Hall–Kier alpha value is -2.30. The zero-order valence-corrected chi connectivity index (χ0v) is 13.6. The summed E-state index contributed by atoms with van der Waals surface area (Å²) in [6, 6.07) is 7.80. The van der Waals surface area contributed by atoms with E-state index in [0.29, 0.717) is 12.3 Å². The van der Waals surface area contributed by atoms with E-state index < -0.39 is 0 Å². The van der Waals surface area contributed by atoms with Crippen molar-refractivity contribution in [3.8, 4) is 5.75 Å². The molecule has 1 heterocycles. The van der Waals surface area contributed by atoms with Crippen LogP contribution in [0.4, 0.5) is 0 Å². The van der Waals surface area contributed by atoms with Crippen molar-refractivity contribution in [2.75, 3.05) is 6.61 Å². The van der Waals surface area contributed by atoms with Crippen molar-refractivity contribution in [1.82, 2.24) is 15.1 Å². The molecule has 1 N–H and O–H groups in total. The van der Waals surface area contributed by atoms with Crippen molar-refractivity contribution in [2.45, 2.75) is 33.7 Å². The summed E-state index contributed by atoms with van der Waals surface area (Å²) in [4.78, 5) is 11.9. The molecule has 5 nitrogen and oxygen atoms in total. The van der Waals surface area contributed by atoms with Gasteiger partial charge in [-0.15, -0.1) is 0 Å². The number of carbonyl (C=O) groups excluding carboxylic acids is 1. The Morgan fingerprint density at radius 3 is 2.50 bits per heavy atom. The monoisotopic (exact) mass is 301 g/mol. The lowest BCUT2D eigenvalue weighted by molar-refractivity contribution is -0.123. The summed E-state index contributed by atoms with van der Waals surface area (Å²) < 4.78 is 7.31. The predicted octanol–water partition coefficient (Wildman–Crippen LogP) is 2.29. The van der Waals surface area contributed by atoms with Gasteiger partial charge in [-0.3, -0.25) is 9.48 Å². The fourth-order valence-corrected chi connectivity index (χ4v) is 2.28. The van der Waals surface area contributed by atoms with Gasteiger partial charge in [-0.05, 0) is 38.0 Å². The summed E-state index contributed by atoms with van der Waals surface area (Å²) in [6.07, 6.45) is 0.991. The van der Waals surface area contributed by atoms with Crippen LogP contribution < -0.4 is 10.1 Å². The predicted molar refractivity (Wildman–Crippen MR) is 85.8 cm³/mol. The van der Waals surface area contributed by atoms with Crippen LogP contribution in [0.5, 0.6) is 5.75 Å². The molecule has 0 unspecified atom stereocenters. The molecule has 0 fully saturated rings. The second kappa shape index (κ2) is 7.11. The quantitative estimate of drug-likeness (QED) is 0.890. The molecule has 0 bridgehead atoms. The van der Waals surface area contributed by atoms with Gasteiger partial charge in [0.05, 0.1) is 5.69 Å². The smallest absolute Gasteiger partial charge is 0.258 e. The van der Waals surface area contributed by atoms with Gasteiger partial charge in [-0.2, -0.15) is 5.10 Å². The van der Waals surface area contributed by atoms with Gasteiger partial charge >= 0.3 is 0 Å². The maximum absolute atomic E-state index is 11.9. The Kier molecular flexibility index (Phi) is 5.20. The van der Waals surface area contributed by atoms with E-state index in [-0.39, 0.29) is 12.5 Å². The number of carbonyl (C=O) groups is 1. The Balaban J connectivity index is 1.82. The third kappa shape index (κ3) is 3.87. The topological polar surface area (TPSA) is 56.1 Å². The molecule has 0 radical (unpaired) electrons. The zero-order valence-electron chi connectivity index (χ0n) is 13.6. The standard InChI is InChI=1S/C17H23N3O2/c1-5-14-6-8-15(9-7-14)22-11-17(21)18-10-16-12(2)19-20(4)13(16)3/h6-9H,5,10-11H2,1-4H3,(H,18,21). The van der Waals surface area contributed by atoms with Crippen LogP contribution in [0.1, 0.15) is 29.4 Å². The molecular formula is C17H23N3O2. The van der Waals surface area contributed by atoms with Crippen LogP contribution >= 0.6 is 0 Å². The van der Waals surface area contributed by atoms with Crippen LogP contribution in [0.2, 0.25) is 0 Å². The van der Waals surface area contributed by atoms with Crippen LogP contribution in [0, 0.1) is 13.8 Å². The first kappa shape index (κ1) is 16.1. The molecule has 0 spiro atoms. The van der Waals surface area contributed by atoms with Crippen LogP contribution in [-0.4, -0.2) is 22.3 Å². The highest BCUT2D eigenvalue weighted by molar-refractivity contribution is 5.77. The molecule has 0 aliphatic heterocycles. The molecule has 2 aromatic rings. The summed E-state index contributed by atoms with van der Waals surface area (Å²) in [5.41, 5.74) is 4.31. The van der Waals surface area contributed by atoms with E-state index in [2.05, 4.69) is 17.3 Å². The molecule has 0 aliphatic carbocycles. The van der Waals surface area contributed by atoms with Crippen LogP contribution in [0.3, 0.4) is 0 Å². The summed E-state index contributed by atoms with van der Waals surface area (Å²) in [5, 5.41) is 7.20. The second-order valence-corrected chi connectivity index (χ2v) is 5.34. The lowest BCUT2D eigenvalue weighted by Gasteiger charge is -2.08. The molecule has 2 rings (SSSR count). The van der Waals surface area contributed by atoms with Gasteiger partial charge in [0.2, 0.25) is 0 Å². The minimum atomic E-state index is -0.137. The lowest BCUT2D eigenvalue weighted by atomic mass is 10.2. The molecule has 22 heavy (non-hydrogen) atoms.